The van der Waals surface area contributed by atoms with Gasteiger partial charge in [0.05, 0.1) is 31.1 Å². The maximum atomic E-state index is 12.7. The van der Waals surface area contributed by atoms with Gasteiger partial charge in [-0.3, -0.25) is 0 Å². The molecule has 1 atom stereocenters. The number of aromatic nitrogens is 5. The summed E-state index contributed by atoms with van der Waals surface area (Å²) in [5, 5.41) is 4.51. The zero-order valence-corrected chi connectivity index (χ0v) is 20.9. The third-order valence-corrected chi connectivity index (χ3v) is 6.78. The normalized spacial score (nSPS) is 15.5. The number of anilines is 1. The van der Waals surface area contributed by atoms with Crippen LogP contribution < -0.4 is 4.90 Å². The van der Waals surface area contributed by atoms with Crippen LogP contribution in [0.2, 0.25) is 0 Å². The molecule has 9 nitrogen and oxygen atoms in total. The molecule has 1 fully saturated rings. The molecule has 0 bridgehead atoms. The average Bonchev–Trinajstić information content (AvgIpc) is 3.68. The summed E-state index contributed by atoms with van der Waals surface area (Å²) in [5.41, 5.74) is 4.57. The minimum absolute atomic E-state index is 0.264. The van der Waals surface area contributed by atoms with Crippen LogP contribution in [0.5, 0.6) is 0 Å². The Morgan fingerprint density at radius 3 is 2.81 bits per heavy atom. The second kappa shape index (κ2) is 9.67. The molecule has 5 heterocycles. The van der Waals surface area contributed by atoms with Crippen LogP contribution in [-0.2, 0) is 16.0 Å². The molecular formula is C28H28N6O3. The number of carbonyl (C=O) groups is 1. The molecule has 6 rings (SSSR count). The van der Waals surface area contributed by atoms with Crippen LogP contribution >= 0.6 is 0 Å². The SMILES string of the molecule is CCOC(=O)c1cnn2c(N(C)Cc3ccccc3)cc(-c3cnc4n([C@@H]5CCOC5)cccc3-4)nc12. The van der Waals surface area contributed by atoms with Crippen molar-refractivity contribution in [1.29, 1.82) is 0 Å². The number of carbonyl (C=O) groups excluding carboxylic acids is 1. The maximum absolute atomic E-state index is 12.7. The summed E-state index contributed by atoms with van der Waals surface area (Å²) >= 11 is 0. The summed E-state index contributed by atoms with van der Waals surface area (Å²) in [6.07, 6.45) is 6.41. The number of hydrogen-bond acceptors (Lipinski definition) is 7. The van der Waals surface area contributed by atoms with E-state index in [9.17, 15) is 4.79 Å². The van der Waals surface area contributed by atoms with E-state index in [2.05, 4.69) is 39.0 Å². The number of benzene rings is 1. The predicted molar refractivity (Wildman–Crippen MR) is 140 cm³/mol. The molecule has 2 aromatic heterocycles. The number of pyridine rings is 1. The Kier molecular flexibility index (Phi) is 6.05. The predicted octanol–water partition coefficient (Wildman–Crippen LogP) is 4.47. The Labute approximate surface area is 214 Å². The molecule has 0 aliphatic carbocycles. The van der Waals surface area contributed by atoms with Gasteiger partial charge in [0.25, 0.3) is 0 Å². The molecule has 0 spiro atoms. The summed E-state index contributed by atoms with van der Waals surface area (Å²) in [4.78, 5) is 24.5. The molecule has 1 saturated heterocycles. The molecule has 3 aromatic rings. The first kappa shape index (κ1) is 23.2. The highest BCUT2D eigenvalue weighted by atomic mass is 16.5. The molecular weight excluding hydrogens is 468 g/mol. The summed E-state index contributed by atoms with van der Waals surface area (Å²) in [5.74, 6) is 1.26. The van der Waals surface area contributed by atoms with E-state index in [4.69, 9.17) is 19.4 Å². The fraction of sp³-hybridized carbons (Fsp3) is 0.286. The van der Waals surface area contributed by atoms with Crippen LogP contribution in [0.4, 0.5) is 5.82 Å². The lowest BCUT2D eigenvalue weighted by atomic mass is 10.1. The minimum atomic E-state index is -0.441. The number of nitrogens with zero attached hydrogens (tertiary/aromatic N) is 6. The van der Waals surface area contributed by atoms with Crippen molar-refractivity contribution in [2.45, 2.75) is 25.9 Å². The topological polar surface area (TPSA) is 86.8 Å². The van der Waals surface area contributed by atoms with Crippen LogP contribution in [-0.4, -0.2) is 57.0 Å². The number of hydrogen-bond donors (Lipinski definition) is 0. The van der Waals surface area contributed by atoms with E-state index in [0.29, 0.717) is 24.4 Å². The molecule has 0 radical (unpaired) electrons. The van der Waals surface area contributed by atoms with Crippen LogP contribution in [0.15, 0.2) is 67.1 Å². The first-order valence-corrected chi connectivity index (χ1v) is 12.5. The van der Waals surface area contributed by atoms with Gasteiger partial charge in [0.1, 0.15) is 17.2 Å². The maximum Gasteiger partial charge on any atom is 0.343 e. The van der Waals surface area contributed by atoms with Gasteiger partial charge in [0.2, 0.25) is 0 Å². The largest absolute Gasteiger partial charge is 0.462 e. The minimum Gasteiger partial charge on any atom is -0.462 e. The van der Waals surface area contributed by atoms with Crippen LogP contribution in [0.3, 0.4) is 0 Å². The van der Waals surface area contributed by atoms with Gasteiger partial charge in [-0.05, 0) is 31.0 Å². The second-order valence-electron chi connectivity index (χ2n) is 9.20. The number of rotatable bonds is 7. The van der Waals surface area contributed by atoms with Gasteiger partial charge in [-0.25, -0.2) is 14.8 Å². The van der Waals surface area contributed by atoms with Crippen LogP contribution in [0.1, 0.15) is 35.3 Å². The molecule has 3 aliphatic rings. The second-order valence-corrected chi connectivity index (χ2v) is 9.20. The third-order valence-electron chi connectivity index (χ3n) is 6.78. The Hall–Kier alpha value is -4.24. The first-order valence-electron chi connectivity index (χ1n) is 12.5. The van der Waals surface area contributed by atoms with Gasteiger partial charge in [-0.15, -0.1) is 0 Å². The van der Waals surface area contributed by atoms with Crippen molar-refractivity contribution < 1.29 is 14.3 Å². The van der Waals surface area contributed by atoms with Crippen molar-refractivity contribution in [1.82, 2.24) is 24.1 Å². The van der Waals surface area contributed by atoms with E-state index < -0.39 is 5.97 Å². The van der Waals surface area contributed by atoms with Gasteiger partial charge in [0, 0.05) is 49.8 Å². The van der Waals surface area contributed by atoms with Gasteiger partial charge in [0.15, 0.2) is 5.65 Å². The Morgan fingerprint density at radius 1 is 1.16 bits per heavy atom. The smallest absolute Gasteiger partial charge is 0.343 e. The van der Waals surface area contributed by atoms with Crippen LogP contribution in [0.25, 0.3) is 28.3 Å². The third kappa shape index (κ3) is 4.21. The van der Waals surface area contributed by atoms with E-state index in [0.717, 1.165) is 47.1 Å². The molecule has 0 saturated carbocycles. The standard InChI is InChI=1S/C28H28N6O3/c1-3-37-28(35)23-16-30-34-25(32(2)17-19-8-5-4-6-9-19)14-24(31-27(23)34)22-15-29-26-21(22)10-7-12-33(26)20-11-13-36-18-20/h4-10,12,14-16,20H,3,11,13,17-18H2,1-2H3/t20-/m1/s1. The molecule has 37 heavy (non-hydrogen) atoms. The lowest BCUT2D eigenvalue weighted by Crippen LogP contribution is -2.20. The summed E-state index contributed by atoms with van der Waals surface area (Å²) < 4.78 is 14.8. The molecule has 188 valence electrons. The lowest BCUT2D eigenvalue weighted by Gasteiger charge is -2.21. The molecule has 0 unspecified atom stereocenters. The molecule has 0 amide bonds. The summed E-state index contributed by atoms with van der Waals surface area (Å²) in [6.45, 7) is 4.17. The van der Waals surface area contributed by atoms with Gasteiger partial charge < -0.3 is 18.9 Å². The Morgan fingerprint density at radius 2 is 2.03 bits per heavy atom. The fourth-order valence-electron chi connectivity index (χ4n) is 4.95. The fourth-order valence-corrected chi connectivity index (χ4v) is 4.95. The van der Waals surface area contributed by atoms with E-state index in [1.54, 1.807) is 11.4 Å². The highest BCUT2D eigenvalue weighted by Crippen LogP contribution is 2.37. The molecule has 1 aromatic carbocycles. The van der Waals surface area contributed by atoms with E-state index in [1.807, 2.05) is 43.6 Å². The Bertz CT molecular complexity index is 1520. The molecule has 0 N–H and O–H groups in total. The van der Waals surface area contributed by atoms with Crippen LogP contribution in [0, 0.1) is 0 Å². The number of ether oxygens (including phenoxy) is 2. The van der Waals surface area contributed by atoms with Crippen molar-refractivity contribution in [3.05, 3.63) is 78.2 Å². The number of esters is 1. The zero-order chi connectivity index (χ0) is 25.4. The highest BCUT2D eigenvalue weighted by molar-refractivity contribution is 5.96. The monoisotopic (exact) mass is 496 g/mol. The molecule has 3 aliphatic heterocycles. The van der Waals surface area contributed by atoms with Crippen molar-refractivity contribution >= 4 is 17.4 Å². The van der Waals surface area contributed by atoms with Gasteiger partial charge in [-0.2, -0.15) is 9.61 Å². The van der Waals surface area contributed by atoms with Crippen molar-refractivity contribution in [2.75, 3.05) is 31.8 Å². The van der Waals surface area contributed by atoms with Crippen molar-refractivity contribution in [3.8, 4) is 22.6 Å². The number of fused-ring (bicyclic) bond motifs is 2. The summed E-state index contributed by atoms with van der Waals surface area (Å²) in [6, 6.07) is 16.6. The lowest BCUT2D eigenvalue weighted by molar-refractivity contribution is 0.0528. The average molecular weight is 497 g/mol. The quantitative estimate of drug-likeness (QED) is 0.307. The van der Waals surface area contributed by atoms with E-state index >= 15 is 0 Å². The van der Waals surface area contributed by atoms with E-state index in [1.165, 1.54) is 6.20 Å². The van der Waals surface area contributed by atoms with Gasteiger partial charge >= 0.3 is 5.97 Å². The van der Waals surface area contributed by atoms with Crippen molar-refractivity contribution in [3.63, 3.8) is 0 Å². The van der Waals surface area contributed by atoms with Crippen molar-refractivity contribution in [2.24, 2.45) is 0 Å². The Balaban J connectivity index is 1.47. The summed E-state index contributed by atoms with van der Waals surface area (Å²) in [7, 11) is 2.01. The first-order chi connectivity index (χ1) is 18.1. The van der Waals surface area contributed by atoms with E-state index in [-0.39, 0.29) is 12.6 Å². The van der Waals surface area contributed by atoms with Gasteiger partial charge in [-0.1, -0.05) is 30.3 Å². The highest BCUT2D eigenvalue weighted by Gasteiger charge is 2.26. The molecule has 9 heteroatoms. The zero-order valence-electron chi connectivity index (χ0n) is 20.9.